The second-order valence-corrected chi connectivity index (χ2v) is 6.88. The predicted molar refractivity (Wildman–Crippen MR) is 108 cm³/mol. The molecule has 0 aliphatic carbocycles. The van der Waals surface area contributed by atoms with Gasteiger partial charge < -0.3 is 14.1 Å². The second kappa shape index (κ2) is 7.82. The van der Waals surface area contributed by atoms with Gasteiger partial charge in [0.25, 0.3) is 11.6 Å². The molecule has 0 fully saturated rings. The lowest BCUT2D eigenvalue weighted by Gasteiger charge is -2.21. The number of furan rings is 1. The number of carbonyl (C=O) groups excluding carboxylic acids is 2. The molecule has 4 rings (SSSR count). The quantitative estimate of drug-likeness (QED) is 0.361. The lowest BCUT2D eigenvalue weighted by atomic mass is 10.1. The smallest absolute Gasteiger partial charge is 0.375 e. The number of nitro groups is 1. The van der Waals surface area contributed by atoms with Crippen molar-refractivity contribution in [2.75, 3.05) is 11.4 Å². The summed E-state index contributed by atoms with van der Waals surface area (Å²) in [5.74, 6) is -0.735. The maximum Gasteiger partial charge on any atom is 0.375 e. The summed E-state index contributed by atoms with van der Waals surface area (Å²) < 4.78 is 10.8. The van der Waals surface area contributed by atoms with E-state index in [2.05, 4.69) is 0 Å². The van der Waals surface area contributed by atoms with Crippen molar-refractivity contribution in [3.63, 3.8) is 0 Å². The number of rotatable bonds is 5. The molecular formula is C22H18N2O6. The molecule has 1 atom stereocenters. The molecule has 2 heterocycles. The molecule has 8 nitrogen and oxygen atoms in total. The fraction of sp³-hybridized carbons (Fsp3) is 0.182. The normalized spacial score (nSPS) is 13.6. The van der Waals surface area contributed by atoms with Gasteiger partial charge in [0.2, 0.25) is 5.76 Å². The lowest BCUT2D eigenvalue weighted by molar-refractivity contribution is -0.384. The number of non-ortho nitro benzene ring substituents is 1. The van der Waals surface area contributed by atoms with Crippen LogP contribution in [0.2, 0.25) is 0 Å². The van der Waals surface area contributed by atoms with E-state index in [-0.39, 0.29) is 17.4 Å². The maximum atomic E-state index is 12.8. The molecule has 8 heteroatoms. The van der Waals surface area contributed by atoms with Gasteiger partial charge in [-0.15, -0.1) is 0 Å². The van der Waals surface area contributed by atoms with E-state index in [0.29, 0.717) is 17.9 Å². The number of hydrogen-bond donors (Lipinski definition) is 0. The Morgan fingerprint density at radius 1 is 1.10 bits per heavy atom. The first-order chi connectivity index (χ1) is 14.4. The van der Waals surface area contributed by atoms with Crippen molar-refractivity contribution in [3.8, 4) is 11.3 Å². The van der Waals surface area contributed by atoms with Crippen molar-refractivity contribution in [3.05, 3.63) is 82.1 Å². The molecule has 152 valence electrons. The summed E-state index contributed by atoms with van der Waals surface area (Å²) in [6.45, 7) is 2.08. The highest BCUT2D eigenvalue weighted by Crippen LogP contribution is 2.29. The zero-order valence-electron chi connectivity index (χ0n) is 16.1. The van der Waals surface area contributed by atoms with Crippen LogP contribution < -0.4 is 4.90 Å². The minimum Gasteiger partial charge on any atom is -0.449 e. The first-order valence-electron chi connectivity index (χ1n) is 9.39. The summed E-state index contributed by atoms with van der Waals surface area (Å²) in [4.78, 5) is 37.1. The topological polar surface area (TPSA) is 103 Å². The van der Waals surface area contributed by atoms with Crippen LogP contribution in [-0.4, -0.2) is 29.4 Å². The van der Waals surface area contributed by atoms with Gasteiger partial charge in [-0.2, -0.15) is 0 Å². The van der Waals surface area contributed by atoms with Gasteiger partial charge in [-0.25, -0.2) is 4.79 Å². The summed E-state index contributed by atoms with van der Waals surface area (Å²) >= 11 is 0. The van der Waals surface area contributed by atoms with E-state index < -0.39 is 17.0 Å². The number of nitro benzene ring substituents is 1. The van der Waals surface area contributed by atoms with Crippen molar-refractivity contribution >= 4 is 23.3 Å². The Morgan fingerprint density at radius 2 is 1.83 bits per heavy atom. The molecule has 0 saturated heterocycles. The molecule has 1 aromatic heterocycles. The third-order valence-corrected chi connectivity index (χ3v) is 4.95. The van der Waals surface area contributed by atoms with Crippen molar-refractivity contribution in [1.29, 1.82) is 0 Å². The van der Waals surface area contributed by atoms with Crippen LogP contribution in [0.4, 0.5) is 11.4 Å². The first kappa shape index (κ1) is 19.4. The van der Waals surface area contributed by atoms with Crippen LogP contribution in [-0.2, 0) is 16.0 Å². The number of ether oxygens (including phenoxy) is 1. The lowest BCUT2D eigenvalue weighted by Crippen LogP contribution is -2.39. The number of benzene rings is 2. The van der Waals surface area contributed by atoms with E-state index in [1.807, 2.05) is 24.3 Å². The molecule has 1 aliphatic heterocycles. The molecule has 2 aromatic carbocycles. The zero-order valence-corrected chi connectivity index (χ0v) is 16.1. The van der Waals surface area contributed by atoms with Gasteiger partial charge in [0, 0.05) is 29.9 Å². The molecular weight excluding hydrogens is 388 g/mol. The average molecular weight is 406 g/mol. The highest BCUT2D eigenvalue weighted by atomic mass is 16.6. The predicted octanol–water partition coefficient (Wildman–Crippen LogP) is 3.99. The molecule has 0 radical (unpaired) electrons. The van der Waals surface area contributed by atoms with Crippen LogP contribution in [0, 0.1) is 10.1 Å². The van der Waals surface area contributed by atoms with Crippen LogP contribution in [0.3, 0.4) is 0 Å². The minimum atomic E-state index is -0.975. The van der Waals surface area contributed by atoms with Gasteiger partial charge >= 0.3 is 5.97 Å². The largest absolute Gasteiger partial charge is 0.449 e. The highest BCUT2D eigenvalue weighted by Gasteiger charge is 2.30. The molecule has 0 bridgehead atoms. The number of para-hydroxylation sites is 1. The third-order valence-electron chi connectivity index (χ3n) is 4.95. The Hall–Kier alpha value is -3.94. The number of anilines is 1. The molecule has 1 amide bonds. The van der Waals surface area contributed by atoms with E-state index >= 15 is 0 Å². The van der Waals surface area contributed by atoms with Crippen molar-refractivity contribution in [2.24, 2.45) is 0 Å². The van der Waals surface area contributed by atoms with Crippen molar-refractivity contribution < 1.29 is 23.7 Å². The highest BCUT2D eigenvalue weighted by molar-refractivity contribution is 6.00. The number of esters is 1. The van der Waals surface area contributed by atoms with Crippen LogP contribution in [0.25, 0.3) is 11.3 Å². The summed E-state index contributed by atoms with van der Waals surface area (Å²) in [5.41, 5.74) is 2.46. The Balaban J connectivity index is 1.43. The van der Waals surface area contributed by atoms with Crippen LogP contribution in [0.5, 0.6) is 0 Å². The van der Waals surface area contributed by atoms with Crippen LogP contribution in [0.15, 0.2) is 65.1 Å². The maximum absolute atomic E-state index is 12.8. The zero-order chi connectivity index (χ0) is 21.3. The Bertz CT molecular complexity index is 1120. The summed E-state index contributed by atoms with van der Waals surface area (Å²) in [6.07, 6.45) is -0.212. The minimum absolute atomic E-state index is 0.0410. The average Bonchev–Trinajstić information content (AvgIpc) is 3.41. The number of nitrogens with zero attached hydrogens (tertiary/aromatic N) is 2. The SMILES string of the molecule is C[C@@H](OC(=O)c1ccc(-c2ccc([N+](=O)[O-])cc2)o1)C(=O)N1CCc2ccccc21. The molecule has 0 N–H and O–H groups in total. The number of fused-ring (bicyclic) bond motifs is 1. The van der Waals surface area contributed by atoms with Crippen molar-refractivity contribution in [1.82, 2.24) is 0 Å². The van der Waals surface area contributed by atoms with Gasteiger partial charge in [0.15, 0.2) is 6.10 Å². The monoisotopic (exact) mass is 406 g/mol. The second-order valence-electron chi connectivity index (χ2n) is 6.88. The van der Waals surface area contributed by atoms with Gasteiger partial charge in [-0.1, -0.05) is 18.2 Å². The summed E-state index contributed by atoms with van der Waals surface area (Å²) in [6, 6.07) is 16.4. The molecule has 1 aliphatic rings. The number of amides is 1. The third kappa shape index (κ3) is 3.67. The van der Waals surface area contributed by atoms with Gasteiger partial charge in [-0.3, -0.25) is 14.9 Å². The van der Waals surface area contributed by atoms with Crippen molar-refractivity contribution in [2.45, 2.75) is 19.4 Å². The van der Waals surface area contributed by atoms with Gasteiger partial charge in [-0.05, 0) is 49.2 Å². The van der Waals surface area contributed by atoms with E-state index in [0.717, 1.165) is 17.7 Å². The van der Waals surface area contributed by atoms with Gasteiger partial charge in [0.05, 0.1) is 4.92 Å². The van der Waals surface area contributed by atoms with E-state index in [9.17, 15) is 19.7 Å². The molecule has 0 saturated carbocycles. The standard InChI is InChI=1S/C22H18N2O6/c1-14(21(25)23-13-12-15-4-2-3-5-18(15)23)29-22(26)20-11-10-19(30-20)16-6-8-17(9-7-16)24(27)28/h2-11,14H,12-13H2,1H3/t14-/m1/s1. The van der Waals surface area contributed by atoms with E-state index in [1.165, 1.54) is 37.3 Å². The van der Waals surface area contributed by atoms with Crippen LogP contribution >= 0.6 is 0 Å². The molecule has 3 aromatic rings. The van der Waals surface area contributed by atoms with Crippen LogP contribution in [0.1, 0.15) is 23.0 Å². The molecule has 0 unspecified atom stereocenters. The Morgan fingerprint density at radius 3 is 2.57 bits per heavy atom. The van der Waals surface area contributed by atoms with E-state index in [4.69, 9.17) is 9.15 Å². The Labute approximate surface area is 171 Å². The molecule has 30 heavy (non-hydrogen) atoms. The molecule has 0 spiro atoms. The summed E-state index contributed by atoms with van der Waals surface area (Å²) in [7, 11) is 0. The Kier molecular flexibility index (Phi) is 5.05. The first-order valence-corrected chi connectivity index (χ1v) is 9.39. The number of hydrogen-bond acceptors (Lipinski definition) is 6. The van der Waals surface area contributed by atoms with Gasteiger partial charge in [0.1, 0.15) is 5.76 Å². The fourth-order valence-electron chi connectivity index (χ4n) is 3.41. The summed E-state index contributed by atoms with van der Waals surface area (Å²) in [5, 5.41) is 10.8. The van der Waals surface area contributed by atoms with E-state index in [1.54, 1.807) is 11.0 Å². The fourth-order valence-corrected chi connectivity index (χ4v) is 3.41. The number of carbonyl (C=O) groups is 2.